The Hall–Kier alpha value is -2.58. The Morgan fingerprint density at radius 1 is 1.06 bits per heavy atom. The molecule has 1 aliphatic rings. The number of nitrogens with zero attached hydrogens (tertiary/aromatic N) is 1. The summed E-state index contributed by atoms with van der Waals surface area (Å²) in [5.41, 5.74) is 4.12. The Morgan fingerprint density at radius 2 is 1.78 bits per heavy atom. The molecule has 1 atom stereocenters. The summed E-state index contributed by atoms with van der Waals surface area (Å²) >= 11 is 3.70. The van der Waals surface area contributed by atoms with Crippen LogP contribution < -0.4 is 5.56 Å². The lowest BCUT2D eigenvalue weighted by atomic mass is 9.93. The van der Waals surface area contributed by atoms with Crippen LogP contribution in [0.4, 0.5) is 0 Å². The number of carbonyl (C=O) groups is 1. The van der Waals surface area contributed by atoms with E-state index in [0.717, 1.165) is 21.7 Å². The van der Waals surface area contributed by atoms with Crippen molar-refractivity contribution in [2.45, 2.75) is 17.5 Å². The molecule has 4 aromatic rings. The van der Waals surface area contributed by atoms with Crippen LogP contribution >= 0.6 is 34.4 Å². The number of ether oxygens (including phenoxy) is 1. The molecule has 4 nitrogen and oxygen atoms in total. The first-order valence-corrected chi connectivity index (χ1v) is 12.4. The fourth-order valence-electron chi connectivity index (χ4n) is 4.36. The number of rotatable bonds is 4. The lowest BCUT2D eigenvalue weighted by Crippen LogP contribution is -2.32. The maximum atomic E-state index is 13.5. The van der Waals surface area contributed by atoms with E-state index in [2.05, 4.69) is 65.1 Å². The lowest BCUT2D eigenvalue weighted by molar-refractivity contribution is -0.143. The molecule has 0 fully saturated rings. The smallest absolute Gasteiger partial charge is 0.329 e. The van der Waals surface area contributed by atoms with E-state index in [4.69, 9.17) is 4.74 Å². The van der Waals surface area contributed by atoms with Crippen LogP contribution in [0.25, 0.3) is 21.9 Å². The number of methoxy groups -OCH3 is 1. The minimum atomic E-state index is -0.602. The zero-order valence-electron chi connectivity index (χ0n) is 17.4. The monoisotopic (exact) mass is 553 g/mol. The van der Waals surface area contributed by atoms with E-state index in [1.807, 2.05) is 30.3 Å². The summed E-state index contributed by atoms with van der Waals surface area (Å²) in [7, 11) is 1.37. The zero-order chi connectivity index (χ0) is 22.2. The van der Waals surface area contributed by atoms with Gasteiger partial charge in [0, 0.05) is 17.7 Å². The molecule has 1 aliphatic heterocycles. The first-order chi connectivity index (χ1) is 15.6. The lowest BCUT2D eigenvalue weighted by Gasteiger charge is -2.20. The predicted molar refractivity (Wildman–Crippen MR) is 137 cm³/mol. The van der Waals surface area contributed by atoms with E-state index in [1.165, 1.54) is 23.4 Å². The second-order valence-corrected chi connectivity index (χ2v) is 9.77. The highest BCUT2D eigenvalue weighted by Crippen LogP contribution is 2.43. The normalized spacial score (nSPS) is 15.0. The van der Waals surface area contributed by atoms with Gasteiger partial charge in [0.15, 0.2) is 0 Å². The number of fused-ring (bicyclic) bond motifs is 2. The van der Waals surface area contributed by atoms with Crippen LogP contribution in [-0.4, -0.2) is 23.4 Å². The van der Waals surface area contributed by atoms with Gasteiger partial charge in [-0.3, -0.25) is 9.36 Å². The molecule has 0 saturated heterocycles. The predicted octanol–water partition coefficient (Wildman–Crippen LogP) is 5.68. The van der Waals surface area contributed by atoms with Crippen molar-refractivity contribution in [3.8, 4) is 11.1 Å². The van der Waals surface area contributed by atoms with Crippen LogP contribution in [0, 0.1) is 3.57 Å². The molecular weight excluding hydrogens is 533 g/mol. The highest BCUT2D eigenvalue weighted by Gasteiger charge is 2.35. The molecule has 160 valence electrons. The third-order valence-electron chi connectivity index (χ3n) is 5.88. The van der Waals surface area contributed by atoms with Crippen molar-refractivity contribution in [2.24, 2.45) is 0 Å². The maximum Gasteiger partial charge on any atom is 0.329 e. The number of aromatic nitrogens is 1. The van der Waals surface area contributed by atoms with Crippen LogP contribution in [0.15, 0.2) is 82.6 Å². The highest BCUT2D eigenvalue weighted by atomic mass is 127. The first-order valence-electron chi connectivity index (χ1n) is 10.3. The topological polar surface area (TPSA) is 48.3 Å². The average Bonchev–Trinajstić information content (AvgIpc) is 3.27. The molecule has 0 bridgehead atoms. The van der Waals surface area contributed by atoms with E-state index in [1.54, 1.807) is 16.3 Å². The van der Waals surface area contributed by atoms with Crippen molar-refractivity contribution >= 4 is 51.1 Å². The number of esters is 1. The van der Waals surface area contributed by atoms with Gasteiger partial charge in [0.25, 0.3) is 5.56 Å². The average molecular weight is 553 g/mol. The van der Waals surface area contributed by atoms with Crippen LogP contribution in [0.2, 0.25) is 0 Å². The Morgan fingerprint density at radius 3 is 2.56 bits per heavy atom. The Kier molecular flexibility index (Phi) is 5.82. The van der Waals surface area contributed by atoms with E-state index < -0.39 is 6.04 Å². The van der Waals surface area contributed by atoms with Gasteiger partial charge >= 0.3 is 5.97 Å². The van der Waals surface area contributed by atoms with Crippen molar-refractivity contribution in [2.75, 3.05) is 12.9 Å². The minimum Gasteiger partial charge on any atom is -0.467 e. The van der Waals surface area contributed by atoms with Gasteiger partial charge in [-0.1, -0.05) is 72.8 Å². The van der Waals surface area contributed by atoms with Crippen LogP contribution in [0.3, 0.4) is 0 Å². The largest absolute Gasteiger partial charge is 0.467 e. The van der Waals surface area contributed by atoms with Gasteiger partial charge in [0.2, 0.25) is 0 Å². The summed E-state index contributed by atoms with van der Waals surface area (Å²) in [6, 6.07) is 24.1. The van der Waals surface area contributed by atoms with Gasteiger partial charge in [-0.15, -0.1) is 11.8 Å². The molecule has 0 unspecified atom stereocenters. The fraction of sp³-hybridized carbons (Fsp3) is 0.154. The van der Waals surface area contributed by atoms with Gasteiger partial charge < -0.3 is 4.74 Å². The number of halogens is 1. The molecule has 0 amide bonds. The highest BCUT2D eigenvalue weighted by molar-refractivity contribution is 14.1. The van der Waals surface area contributed by atoms with Crippen molar-refractivity contribution < 1.29 is 9.53 Å². The second kappa shape index (κ2) is 8.75. The van der Waals surface area contributed by atoms with Gasteiger partial charge in [-0.2, -0.15) is 0 Å². The number of pyridine rings is 1. The molecular formula is C26H20INO3S. The van der Waals surface area contributed by atoms with Crippen molar-refractivity contribution in [3.05, 3.63) is 97.8 Å². The summed E-state index contributed by atoms with van der Waals surface area (Å²) in [6.45, 7) is 0. The Bertz CT molecular complexity index is 1390. The molecule has 32 heavy (non-hydrogen) atoms. The van der Waals surface area contributed by atoms with E-state index in [0.29, 0.717) is 15.7 Å². The van der Waals surface area contributed by atoms with Crippen molar-refractivity contribution in [3.63, 3.8) is 0 Å². The van der Waals surface area contributed by atoms with Crippen molar-refractivity contribution in [1.29, 1.82) is 0 Å². The summed E-state index contributed by atoms with van der Waals surface area (Å²) in [4.78, 5) is 25.9. The minimum absolute atomic E-state index is 0.129. The molecule has 0 N–H and O–H groups in total. The van der Waals surface area contributed by atoms with Gasteiger partial charge in [-0.05, 0) is 50.1 Å². The molecule has 5 rings (SSSR count). The molecule has 3 aromatic carbocycles. The SMILES string of the molecule is COC(=O)[C@@H]1CSc2c(-c3ccccc3)c(Cc3cccc4ccccc34)c(I)c(=O)n21. The number of benzene rings is 3. The second-order valence-electron chi connectivity index (χ2n) is 7.68. The molecule has 0 aliphatic carbocycles. The Labute approximate surface area is 203 Å². The first kappa shape index (κ1) is 21.3. The van der Waals surface area contributed by atoms with Crippen LogP contribution in [-0.2, 0) is 16.0 Å². The van der Waals surface area contributed by atoms with Crippen LogP contribution in [0.1, 0.15) is 17.2 Å². The van der Waals surface area contributed by atoms with E-state index in [-0.39, 0.29) is 11.5 Å². The standard InChI is InChI=1S/C26H20INO3S/c1-31-26(30)21-15-32-25-22(17-9-3-2-4-10-17)20(23(27)24(29)28(21)25)14-18-12-7-11-16-8-5-6-13-19(16)18/h2-13,21H,14-15H2,1H3/t21-/m0/s1. The van der Waals surface area contributed by atoms with Gasteiger partial charge in [-0.25, -0.2) is 4.79 Å². The number of carbonyl (C=O) groups excluding carboxylic acids is 1. The van der Waals surface area contributed by atoms with Crippen molar-refractivity contribution in [1.82, 2.24) is 4.57 Å². The van der Waals surface area contributed by atoms with Crippen LogP contribution in [0.5, 0.6) is 0 Å². The third kappa shape index (κ3) is 3.55. The van der Waals surface area contributed by atoms with Gasteiger partial charge in [0.05, 0.1) is 15.7 Å². The maximum absolute atomic E-state index is 13.5. The quantitative estimate of drug-likeness (QED) is 0.241. The van der Waals surface area contributed by atoms with E-state index >= 15 is 0 Å². The summed E-state index contributed by atoms with van der Waals surface area (Å²) in [5.74, 6) is 0.116. The molecule has 1 aromatic heterocycles. The Balaban J connectivity index is 1.77. The number of hydrogen-bond acceptors (Lipinski definition) is 4. The number of thioether (sulfide) groups is 1. The number of hydrogen-bond donors (Lipinski definition) is 0. The molecule has 0 spiro atoms. The third-order valence-corrected chi connectivity index (χ3v) is 8.15. The summed E-state index contributed by atoms with van der Waals surface area (Å²) in [6.07, 6.45) is 0.635. The zero-order valence-corrected chi connectivity index (χ0v) is 20.4. The summed E-state index contributed by atoms with van der Waals surface area (Å²) < 4.78 is 7.27. The molecule has 0 radical (unpaired) electrons. The molecule has 2 heterocycles. The van der Waals surface area contributed by atoms with E-state index in [9.17, 15) is 9.59 Å². The summed E-state index contributed by atoms with van der Waals surface area (Å²) in [5, 5.41) is 3.21. The van der Waals surface area contributed by atoms with Gasteiger partial charge in [0.1, 0.15) is 6.04 Å². The molecule has 0 saturated carbocycles. The fourth-order valence-corrected chi connectivity index (χ4v) is 6.41. The molecule has 6 heteroatoms.